The van der Waals surface area contributed by atoms with Crippen molar-refractivity contribution in [3.63, 3.8) is 0 Å². The zero-order valence-electron chi connectivity index (χ0n) is 16.8. The first-order valence-corrected chi connectivity index (χ1v) is 10.2. The van der Waals surface area contributed by atoms with Gasteiger partial charge >= 0.3 is 5.69 Å². The van der Waals surface area contributed by atoms with Gasteiger partial charge in [0.25, 0.3) is 5.56 Å². The Morgan fingerprint density at radius 3 is 2.47 bits per heavy atom. The van der Waals surface area contributed by atoms with Gasteiger partial charge in [0.05, 0.1) is 35.6 Å². The molecule has 1 saturated heterocycles. The van der Waals surface area contributed by atoms with Gasteiger partial charge in [0.2, 0.25) is 0 Å². The molecule has 4 rings (SSSR count). The number of nitrogens with two attached hydrogens (primary N) is 2. The van der Waals surface area contributed by atoms with Crippen LogP contribution in [0.1, 0.15) is 30.9 Å². The molecule has 0 bridgehead atoms. The Morgan fingerprint density at radius 1 is 1.20 bits per heavy atom. The number of nitrogens with zero attached hydrogens (tertiary/aromatic N) is 2. The van der Waals surface area contributed by atoms with Gasteiger partial charge in [-0.3, -0.25) is 23.1 Å². The Labute approximate surface area is 170 Å². The van der Waals surface area contributed by atoms with Gasteiger partial charge in [-0.25, -0.2) is 9.18 Å². The van der Waals surface area contributed by atoms with Crippen molar-refractivity contribution in [3.8, 4) is 0 Å². The molecule has 0 spiro atoms. The minimum absolute atomic E-state index is 0.0254. The van der Waals surface area contributed by atoms with Gasteiger partial charge in [-0.15, -0.1) is 0 Å². The lowest BCUT2D eigenvalue weighted by molar-refractivity contribution is 0.217. The van der Waals surface area contributed by atoms with Gasteiger partial charge in [-0.1, -0.05) is 0 Å². The fourth-order valence-corrected chi connectivity index (χ4v) is 4.68. The van der Waals surface area contributed by atoms with E-state index >= 15 is 4.39 Å². The minimum atomic E-state index is -0.888. The molecule has 164 valence electrons. The van der Waals surface area contributed by atoms with Crippen molar-refractivity contribution < 1.29 is 13.2 Å². The number of aromatic nitrogens is 2. The van der Waals surface area contributed by atoms with Crippen molar-refractivity contribution in [2.75, 3.05) is 37.1 Å². The van der Waals surface area contributed by atoms with Gasteiger partial charge in [0.1, 0.15) is 0 Å². The van der Waals surface area contributed by atoms with E-state index in [4.69, 9.17) is 11.5 Å². The summed E-state index contributed by atoms with van der Waals surface area (Å²) in [7, 11) is 0. The lowest BCUT2D eigenvalue weighted by Gasteiger charge is -2.27. The second-order valence-corrected chi connectivity index (χ2v) is 8.43. The van der Waals surface area contributed by atoms with Crippen molar-refractivity contribution in [1.82, 2.24) is 9.55 Å². The maximum atomic E-state index is 15.3. The van der Waals surface area contributed by atoms with Crippen LogP contribution in [0.5, 0.6) is 0 Å². The number of aryl methyl sites for hydroxylation is 1. The van der Waals surface area contributed by atoms with Crippen LogP contribution in [0.15, 0.2) is 9.59 Å². The van der Waals surface area contributed by atoms with Crippen LogP contribution in [0.4, 0.5) is 24.5 Å². The molecule has 2 heterocycles. The number of nitrogen functional groups attached to an aromatic ring is 1. The first kappa shape index (κ1) is 20.8. The van der Waals surface area contributed by atoms with Gasteiger partial charge in [-0.05, 0) is 32.1 Å². The Balaban J connectivity index is 1.82. The second-order valence-electron chi connectivity index (χ2n) is 8.43. The SMILES string of the molecule is Cc1c(N2CCC(C(N)C(CF)CF)C2)c(F)c(N)c2c(=O)[nH]c(=O)n(C3CC3)c12. The summed E-state index contributed by atoms with van der Waals surface area (Å²) in [6.07, 6.45) is 2.14. The summed E-state index contributed by atoms with van der Waals surface area (Å²) in [6, 6.07) is -0.735. The van der Waals surface area contributed by atoms with E-state index in [9.17, 15) is 18.4 Å². The molecule has 7 nitrogen and oxygen atoms in total. The largest absolute Gasteiger partial charge is 0.396 e. The number of rotatable bonds is 6. The molecule has 1 aromatic carbocycles. The average Bonchev–Trinajstić information content (AvgIpc) is 3.43. The molecule has 0 radical (unpaired) electrons. The van der Waals surface area contributed by atoms with E-state index in [0.29, 0.717) is 30.6 Å². The normalized spacial score (nSPS) is 20.5. The minimum Gasteiger partial charge on any atom is -0.396 e. The smallest absolute Gasteiger partial charge is 0.329 e. The van der Waals surface area contributed by atoms with Crippen molar-refractivity contribution in [1.29, 1.82) is 0 Å². The fraction of sp³-hybridized carbons (Fsp3) is 0.600. The summed E-state index contributed by atoms with van der Waals surface area (Å²) in [4.78, 5) is 28.9. The maximum absolute atomic E-state index is 15.3. The van der Waals surface area contributed by atoms with E-state index in [1.54, 1.807) is 11.8 Å². The van der Waals surface area contributed by atoms with Gasteiger partial charge in [0, 0.05) is 36.7 Å². The molecule has 5 N–H and O–H groups in total. The third kappa shape index (κ3) is 3.17. The molecule has 2 unspecified atom stereocenters. The molecule has 0 amide bonds. The number of H-pyrrole nitrogens is 1. The monoisotopic (exact) mass is 425 g/mol. The van der Waals surface area contributed by atoms with E-state index in [1.165, 1.54) is 4.57 Å². The molecule has 10 heteroatoms. The molecule has 1 aliphatic heterocycles. The molecule has 2 atom stereocenters. The summed E-state index contributed by atoms with van der Waals surface area (Å²) in [6.45, 7) is 0.722. The number of anilines is 2. The molecule has 1 saturated carbocycles. The predicted octanol–water partition coefficient (Wildman–Crippen LogP) is 1.76. The second kappa shape index (κ2) is 7.64. The highest BCUT2D eigenvalue weighted by atomic mass is 19.1. The van der Waals surface area contributed by atoms with Crippen LogP contribution in [0.2, 0.25) is 0 Å². The zero-order valence-corrected chi connectivity index (χ0v) is 16.8. The van der Waals surface area contributed by atoms with Crippen LogP contribution in [-0.2, 0) is 0 Å². The summed E-state index contributed by atoms with van der Waals surface area (Å²) in [5.74, 6) is -1.82. The Hall–Kier alpha value is -2.49. The summed E-state index contributed by atoms with van der Waals surface area (Å²) in [5, 5.41) is -0.0254. The Bertz CT molecular complexity index is 1090. The predicted molar refractivity (Wildman–Crippen MR) is 110 cm³/mol. The molecule has 2 aliphatic rings. The summed E-state index contributed by atoms with van der Waals surface area (Å²) in [5.41, 5.74) is 11.6. The molecule has 1 aromatic heterocycles. The van der Waals surface area contributed by atoms with Crippen molar-refractivity contribution in [3.05, 3.63) is 32.2 Å². The van der Waals surface area contributed by atoms with E-state index < -0.39 is 42.4 Å². The third-order valence-electron chi connectivity index (χ3n) is 6.51. The number of hydrogen-bond donors (Lipinski definition) is 3. The van der Waals surface area contributed by atoms with Crippen molar-refractivity contribution in [2.24, 2.45) is 17.6 Å². The Kier molecular flexibility index (Phi) is 5.29. The van der Waals surface area contributed by atoms with E-state index in [2.05, 4.69) is 4.98 Å². The molecule has 1 aliphatic carbocycles. The maximum Gasteiger partial charge on any atom is 0.329 e. The first-order chi connectivity index (χ1) is 14.3. The average molecular weight is 425 g/mol. The first-order valence-electron chi connectivity index (χ1n) is 10.2. The lowest BCUT2D eigenvalue weighted by Crippen LogP contribution is -2.41. The van der Waals surface area contributed by atoms with Crippen LogP contribution in [0.3, 0.4) is 0 Å². The van der Waals surface area contributed by atoms with Gasteiger partial charge in [-0.2, -0.15) is 0 Å². The van der Waals surface area contributed by atoms with Crippen LogP contribution in [0.25, 0.3) is 10.9 Å². The molecule has 30 heavy (non-hydrogen) atoms. The van der Waals surface area contributed by atoms with Crippen LogP contribution in [-0.4, -0.2) is 42.0 Å². The Morgan fingerprint density at radius 2 is 1.87 bits per heavy atom. The topological polar surface area (TPSA) is 110 Å². The molecular weight excluding hydrogens is 399 g/mol. The fourth-order valence-electron chi connectivity index (χ4n) is 4.68. The number of fused-ring (bicyclic) bond motifs is 1. The highest BCUT2D eigenvalue weighted by molar-refractivity contribution is 5.97. The van der Waals surface area contributed by atoms with Crippen molar-refractivity contribution >= 4 is 22.3 Å². The summed E-state index contributed by atoms with van der Waals surface area (Å²) >= 11 is 0. The zero-order chi connectivity index (χ0) is 21.7. The lowest BCUT2D eigenvalue weighted by atomic mass is 9.90. The highest BCUT2D eigenvalue weighted by Crippen LogP contribution is 2.41. The van der Waals surface area contributed by atoms with E-state index in [0.717, 1.165) is 12.8 Å². The number of hydrogen-bond acceptors (Lipinski definition) is 5. The summed E-state index contributed by atoms with van der Waals surface area (Å²) < 4.78 is 43.0. The van der Waals surface area contributed by atoms with E-state index in [1.807, 2.05) is 0 Å². The molecular formula is C20H26F3N5O2. The van der Waals surface area contributed by atoms with Crippen molar-refractivity contribution in [2.45, 2.75) is 38.3 Å². The standard InChI is InChI=1S/C20H26F3N5O2/c1-9-17-13(19(29)26-20(30)28(17)12-2-3-12)16(25)14(23)18(9)27-5-4-10(8-27)15(24)11(6-21)7-22/h10-12,15H,2-8,24-25H2,1H3,(H,26,29,30). The number of aromatic amines is 1. The van der Waals surface area contributed by atoms with Gasteiger partial charge < -0.3 is 16.4 Å². The van der Waals surface area contributed by atoms with Crippen LogP contribution in [0, 0.1) is 24.6 Å². The number of halogens is 3. The molecule has 2 aromatic rings. The number of benzene rings is 1. The number of nitrogens with one attached hydrogen (secondary N) is 1. The molecule has 2 fully saturated rings. The van der Waals surface area contributed by atoms with E-state index in [-0.39, 0.29) is 28.7 Å². The van der Waals surface area contributed by atoms with Crippen LogP contribution < -0.4 is 27.6 Å². The number of alkyl halides is 2. The quantitative estimate of drug-likeness (QED) is 0.611. The third-order valence-corrected chi connectivity index (χ3v) is 6.51. The highest BCUT2D eigenvalue weighted by Gasteiger charge is 2.36. The van der Waals surface area contributed by atoms with Gasteiger partial charge in [0.15, 0.2) is 5.82 Å². The van der Waals surface area contributed by atoms with Crippen LogP contribution >= 0.6 is 0 Å².